The Bertz CT molecular complexity index is 499. The Morgan fingerprint density at radius 2 is 2.31 bits per heavy atom. The van der Waals surface area contributed by atoms with Crippen LogP contribution in [0.25, 0.3) is 0 Å². The zero-order valence-electron chi connectivity index (χ0n) is 8.61. The second-order valence-electron chi connectivity index (χ2n) is 3.17. The summed E-state index contributed by atoms with van der Waals surface area (Å²) in [5.41, 5.74) is 6.71. The fourth-order valence-corrected chi connectivity index (χ4v) is 3.14. The molecule has 0 spiro atoms. The molecule has 0 bridgehead atoms. The highest BCUT2D eigenvalue weighted by atomic mass is 35.5. The third-order valence-electron chi connectivity index (χ3n) is 1.95. The first-order valence-electron chi connectivity index (χ1n) is 4.65. The predicted molar refractivity (Wildman–Crippen MR) is 68.1 cm³/mol. The van der Waals surface area contributed by atoms with E-state index >= 15 is 0 Å². The molecule has 16 heavy (non-hydrogen) atoms. The number of aryl methyl sites for hydroxylation is 1. The summed E-state index contributed by atoms with van der Waals surface area (Å²) in [5.74, 6) is 0.802. The first kappa shape index (κ1) is 11.9. The van der Waals surface area contributed by atoms with E-state index in [-0.39, 0.29) is 0 Å². The average Bonchev–Trinajstić information content (AvgIpc) is 2.67. The van der Waals surface area contributed by atoms with Crippen molar-refractivity contribution >= 4 is 34.9 Å². The van der Waals surface area contributed by atoms with Crippen LogP contribution >= 0.6 is 34.9 Å². The van der Waals surface area contributed by atoms with Gasteiger partial charge in [-0.1, -0.05) is 23.4 Å². The van der Waals surface area contributed by atoms with E-state index in [0.717, 1.165) is 20.6 Å². The minimum Gasteiger partial charge on any atom is -0.326 e. The van der Waals surface area contributed by atoms with Gasteiger partial charge in [-0.05, 0) is 42.2 Å². The van der Waals surface area contributed by atoms with Gasteiger partial charge in [0.15, 0.2) is 4.34 Å². The highest BCUT2D eigenvalue weighted by Gasteiger charge is 2.07. The third-order valence-corrected chi connectivity index (χ3v) is 4.14. The Morgan fingerprint density at radius 1 is 1.50 bits per heavy atom. The van der Waals surface area contributed by atoms with Gasteiger partial charge in [-0.25, -0.2) is 4.98 Å². The van der Waals surface area contributed by atoms with E-state index in [1.54, 1.807) is 11.8 Å². The first-order valence-corrected chi connectivity index (χ1v) is 6.62. The van der Waals surface area contributed by atoms with Gasteiger partial charge >= 0.3 is 0 Å². The molecule has 0 amide bonds. The van der Waals surface area contributed by atoms with Crippen LogP contribution in [-0.4, -0.2) is 9.36 Å². The van der Waals surface area contributed by atoms with E-state index in [1.165, 1.54) is 11.5 Å². The van der Waals surface area contributed by atoms with E-state index < -0.39 is 0 Å². The summed E-state index contributed by atoms with van der Waals surface area (Å²) in [4.78, 5) is 5.39. The van der Waals surface area contributed by atoms with Crippen LogP contribution in [0.2, 0.25) is 5.02 Å². The molecule has 2 rings (SSSR count). The second kappa shape index (κ2) is 5.14. The molecule has 84 valence electrons. The van der Waals surface area contributed by atoms with E-state index in [0.29, 0.717) is 11.6 Å². The molecular formula is C10H10ClN3S2. The van der Waals surface area contributed by atoms with Crippen LogP contribution in [0, 0.1) is 6.92 Å². The van der Waals surface area contributed by atoms with Crippen molar-refractivity contribution in [3.8, 4) is 0 Å². The number of rotatable bonds is 3. The SMILES string of the molecule is Cc1nsc(Sc2ccc(Cl)cc2CN)n1. The Morgan fingerprint density at radius 3 is 2.94 bits per heavy atom. The number of hydrogen-bond acceptors (Lipinski definition) is 5. The summed E-state index contributed by atoms with van der Waals surface area (Å²) in [5, 5.41) is 0.707. The highest BCUT2D eigenvalue weighted by molar-refractivity contribution is 8.01. The van der Waals surface area contributed by atoms with E-state index in [9.17, 15) is 0 Å². The Labute approximate surface area is 107 Å². The molecule has 0 aliphatic heterocycles. The number of benzene rings is 1. The smallest absolute Gasteiger partial charge is 0.174 e. The van der Waals surface area contributed by atoms with Gasteiger partial charge in [0, 0.05) is 16.5 Å². The number of hydrogen-bond donors (Lipinski definition) is 1. The molecule has 1 aromatic carbocycles. The third kappa shape index (κ3) is 2.74. The van der Waals surface area contributed by atoms with E-state index in [2.05, 4.69) is 9.36 Å². The minimum absolute atomic E-state index is 0.473. The molecule has 2 N–H and O–H groups in total. The maximum atomic E-state index is 5.91. The van der Waals surface area contributed by atoms with Gasteiger partial charge in [0.05, 0.1) is 0 Å². The van der Waals surface area contributed by atoms with Crippen molar-refractivity contribution in [3.63, 3.8) is 0 Å². The molecule has 0 radical (unpaired) electrons. The quantitative estimate of drug-likeness (QED) is 0.932. The Balaban J connectivity index is 2.27. The molecule has 3 nitrogen and oxygen atoms in total. The van der Waals surface area contributed by atoms with Crippen LogP contribution < -0.4 is 5.73 Å². The van der Waals surface area contributed by atoms with E-state index in [4.69, 9.17) is 17.3 Å². The van der Waals surface area contributed by atoms with Gasteiger partial charge in [0.2, 0.25) is 0 Å². The summed E-state index contributed by atoms with van der Waals surface area (Å²) in [6.45, 7) is 2.35. The zero-order chi connectivity index (χ0) is 11.5. The molecule has 0 saturated heterocycles. The maximum absolute atomic E-state index is 5.91. The molecule has 0 atom stereocenters. The predicted octanol–water partition coefficient (Wildman–Crippen LogP) is 3.11. The van der Waals surface area contributed by atoms with Crippen molar-refractivity contribution in [2.45, 2.75) is 22.7 Å². The van der Waals surface area contributed by atoms with Gasteiger partial charge in [0.25, 0.3) is 0 Å². The fourth-order valence-electron chi connectivity index (χ4n) is 1.22. The van der Waals surface area contributed by atoms with Crippen molar-refractivity contribution in [2.24, 2.45) is 5.73 Å². The van der Waals surface area contributed by atoms with Gasteiger partial charge < -0.3 is 5.73 Å². The lowest BCUT2D eigenvalue weighted by molar-refractivity contribution is 1.02. The molecule has 1 heterocycles. The topological polar surface area (TPSA) is 51.8 Å². The molecule has 0 fully saturated rings. The molecule has 0 unspecified atom stereocenters. The summed E-state index contributed by atoms with van der Waals surface area (Å²) < 4.78 is 5.06. The molecule has 2 aromatic rings. The van der Waals surface area contributed by atoms with Crippen LogP contribution in [0.4, 0.5) is 0 Å². The number of aromatic nitrogens is 2. The maximum Gasteiger partial charge on any atom is 0.174 e. The molecular weight excluding hydrogens is 262 g/mol. The van der Waals surface area contributed by atoms with Gasteiger partial charge in [-0.2, -0.15) is 4.37 Å². The van der Waals surface area contributed by atoms with Crippen molar-refractivity contribution in [1.29, 1.82) is 0 Å². The summed E-state index contributed by atoms with van der Waals surface area (Å²) >= 11 is 8.88. The average molecular weight is 272 g/mol. The van der Waals surface area contributed by atoms with Crippen LogP contribution in [0.15, 0.2) is 27.4 Å². The fraction of sp³-hybridized carbons (Fsp3) is 0.200. The number of nitrogens with zero attached hydrogens (tertiary/aromatic N) is 2. The normalized spacial score (nSPS) is 10.7. The summed E-state index contributed by atoms with van der Waals surface area (Å²) in [6.07, 6.45) is 0. The largest absolute Gasteiger partial charge is 0.326 e. The van der Waals surface area contributed by atoms with Crippen molar-refractivity contribution in [1.82, 2.24) is 9.36 Å². The lowest BCUT2D eigenvalue weighted by atomic mass is 10.2. The Kier molecular flexibility index (Phi) is 3.81. The van der Waals surface area contributed by atoms with Gasteiger partial charge in [0.1, 0.15) is 5.82 Å². The lowest BCUT2D eigenvalue weighted by Crippen LogP contribution is -1.98. The van der Waals surface area contributed by atoms with Crippen molar-refractivity contribution < 1.29 is 0 Å². The van der Waals surface area contributed by atoms with Gasteiger partial charge in [-0.15, -0.1) is 0 Å². The molecule has 0 saturated carbocycles. The Hall–Kier alpha value is -0.620. The second-order valence-corrected chi connectivity index (χ2v) is 5.64. The van der Waals surface area contributed by atoms with Crippen LogP contribution in [0.3, 0.4) is 0 Å². The molecule has 0 aliphatic rings. The molecule has 6 heteroatoms. The first-order chi connectivity index (χ1) is 7.69. The lowest BCUT2D eigenvalue weighted by Gasteiger charge is -2.05. The molecule has 0 aliphatic carbocycles. The van der Waals surface area contributed by atoms with Crippen molar-refractivity contribution in [3.05, 3.63) is 34.6 Å². The molecule has 1 aromatic heterocycles. The minimum atomic E-state index is 0.473. The summed E-state index contributed by atoms with van der Waals surface area (Å²) in [6, 6.07) is 5.71. The highest BCUT2D eigenvalue weighted by Crippen LogP contribution is 2.32. The monoisotopic (exact) mass is 271 g/mol. The van der Waals surface area contributed by atoms with Crippen LogP contribution in [-0.2, 0) is 6.54 Å². The number of halogens is 1. The van der Waals surface area contributed by atoms with Crippen LogP contribution in [0.5, 0.6) is 0 Å². The summed E-state index contributed by atoms with van der Waals surface area (Å²) in [7, 11) is 0. The standard InChI is InChI=1S/C10H10ClN3S2/c1-6-13-10(16-14-6)15-9-3-2-8(11)4-7(9)5-12/h2-4H,5,12H2,1H3. The zero-order valence-corrected chi connectivity index (χ0v) is 11.0. The van der Waals surface area contributed by atoms with E-state index in [1.807, 2.05) is 25.1 Å². The van der Waals surface area contributed by atoms with Crippen molar-refractivity contribution in [2.75, 3.05) is 0 Å². The van der Waals surface area contributed by atoms with Gasteiger partial charge in [-0.3, -0.25) is 0 Å². The number of nitrogens with two attached hydrogens (primary N) is 1. The van der Waals surface area contributed by atoms with Crippen LogP contribution in [0.1, 0.15) is 11.4 Å².